The van der Waals surface area contributed by atoms with Gasteiger partial charge in [-0.2, -0.15) is 0 Å². The summed E-state index contributed by atoms with van der Waals surface area (Å²) < 4.78 is 9.55. The normalized spacial score (nSPS) is 12.6. The molecule has 0 aliphatic heterocycles. The Morgan fingerprint density at radius 3 is 2.31 bits per heavy atom. The van der Waals surface area contributed by atoms with Crippen molar-refractivity contribution < 1.29 is 14.6 Å². The lowest BCUT2D eigenvalue weighted by molar-refractivity contribution is -0.166. The van der Waals surface area contributed by atoms with E-state index in [2.05, 4.69) is 5.32 Å². The summed E-state index contributed by atoms with van der Waals surface area (Å²) in [6.07, 6.45) is -0.211. The van der Waals surface area contributed by atoms with Crippen LogP contribution in [0.5, 0.6) is 0 Å². The fraction of sp³-hybridized carbons (Fsp3) is 0.857. The standard InChI is InChI=1S/C7H14Cl3N2O3P/c1-16(2,15)5-11-4-12(14)6(13)3-7(8,9)10/h11,14H,3-5H2,1-2H3. The molecular weight excluding hydrogens is 297 g/mol. The maximum atomic E-state index is 11.3. The number of carbonyl (C=O) groups excluding carboxylic acids is 1. The zero-order valence-corrected chi connectivity index (χ0v) is 12.1. The lowest BCUT2D eigenvalue weighted by Crippen LogP contribution is -2.38. The molecule has 16 heavy (non-hydrogen) atoms. The molecule has 0 unspecified atom stereocenters. The highest BCUT2D eigenvalue weighted by molar-refractivity contribution is 7.62. The quantitative estimate of drug-likeness (QED) is 0.268. The molecule has 0 fully saturated rings. The first-order valence-corrected chi connectivity index (χ1v) is 8.24. The molecule has 96 valence electrons. The average molecular weight is 312 g/mol. The van der Waals surface area contributed by atoms with Crippen LogP contribution in [0.25, 0.3) is 0 Å². The van der Waals surface area contributed by atoms with Crippen molar-refractivity contribution >= 4 is 47.9 Å². The SMILES string of the molecule is CP(C)(=O)CNCN(O)C(=O)CC(Cl)(Cl)Cl. The van der Waals surface area contributed by atoms with Crippen molar-refractivity contribution in [3.63, 3.8) is 0 Å². The molecule has 0 rings (SSSR count). The molecule has 9 heteroatoms. The smallest absolute Gasteiger partial charge is 0.251 e. The van der Waals surface area contributed by atoms with Gasteiger partial charge in [-0.05, 0) is 13.3 Å². The fourth-order valence-corrected chi connectivity index (χ4v) is 1.76. The van der Waals surface area contributed by atoms with Crippen molar-refractivity contribution in [1.29, 1.82) is 0 Å². The minimum atomic E-state index is -2.23. The van der Waals surface area contributed by atoms with Gasteiger partial charge in [-0.25, -0.2) is 5.06 Å². The number of rotatable bonds is 5. The highest BCUT2D eigenvalue weighted by Crippen LogP contribution is 2.33. The second-order valence-corrected chi connectivity index (χ2v) is 9.71. The van der Waals surface area contributed by atoms with Gasteiger partial charge in [-0.1, -0.05) is 34.8 Å². The minimum absolute atomic E-state index is 0.161. The summed E-state index contributed by atoms with van der Waals surface area (Å²) in [6, 6.07) is 0. The van der Waals surface area contributed by atoms with E-state index in [0.29, 0.717) is 5.06 Å². The van der Waals surface area contributed by atoms with Crippen LogP contribution in [0.2, 0.25) is 0 Å². The number of carbonyl (C=O) groups is 1. The van der Waals surface area contributed by atoms with E-state index in [1.165, 1.54) is 0 Å². The molecule has 2 N–H and O–H groups in total. The zero-order valence-electron chi connectivity index (χ0n) is 8.91. The molecule has 0 saturated heterocycles. The number of hydrogen-bond donors (Lipinski definition) is 2. The van der Waals surface area contributed by atoms with Gasteiger partial charge in [0.1, 0.15) is 0 Å². The van der Waals surface area contributed by atoms with Gasteiger partial charge in [0.05, 0.1) is 26.5 Å². The fourth-order valence-electron chi connectivity index (χ4n) is 0.776. The number of halogens is 3. The second kappa shape index (κ2) is 6.43. The lowest BCUT2D eigenvalue weighted by Gasteiger charge is -2.18. The lowest BCUT2D eigenvalue weighted by atomic mass is 10.4. The molecule has 0 aliphatic carbocycles. The first kappa shape index (κ1) is 16.5. The molecule has 0 aromatic rings. The monoisotopic (exact) mass is 310 g/mol. The van der Waals surface area contributed by atoms with Crippen LogP contribution in [0.15, 0.2) is 0 Å². The third kappa shape index (κ3) is 9.70. The number of hydroxylamine groups is 2. The van der Waals surface area contributed by atoms with E-state index < -0.39 is 23.3 Å². The summed E-state index contributed by atoms with van der Waals surface area (Å²) in [6.45, 7) is 3.01. The van der Waals surface area contributed by atoms with Gasteiger partial charge in [0.15, 0.2) is 3.79 Å². The first-order valence-electron chi connectivity index (χ1n) is 4.32. The van der Waals surface area contributed by atoms with E-state index in [9.17, 15) is 14.6 Å². The Morgan fingerprint density at radius 2 is 1.94 bits per heavy atom. The molecule has 0 aliphatic rings. The van der Waals surface area contributed by atoms with Crippen LogP contribution in [0, 0.1) is 0 Å². The van der Waals surface area contributed by atoms with Crippen molar-refractivity contribution in [1.82, 2.24) is 10.4 Å². The Balaban J connectivity index is 3.94. The van der Waals surface area contributed by atoms with Gasteiger partial charge in [-0.15, -0.1) is 0 Å². The van der Waals surface area contributed by atoms with Crippen LogP contribution in [0.4, 0.5) is 0 Å². The van der Waals surface area contributed by atoms with E-state index in [1.807, 2.05) is 0 Å². The van der Waals surface area contributed by atoms with Crippen molar-refractivity contribution in [2.45, 2.75) is 10.2 Å². The molecular formula is C7H14Cl3N2O3P. The number of amides is 1. The summed E-state index contributed by atoms with van der Waals surface area (Å²) >= 11 is 16.2. The molecule has 0 aromatic heterocycles. The van der Waals surface area contributed by atoms with Gasteiger partial charge in [-0.3, -0.25) is 15.3 Å². The molecule has 0 aromatic carbocycles. The molecule has 0 bridgehead atoms. The Kier molecular flexibility index (Phi) is 6.63. The predicted octanol–water partition coefficient (Wildman–Crippen LogP) is 2.09. The number of alkyl halides is 3. The first-order chi connectivity index (χ1) is 7.01. The Labute approximate surface area is 109 Å². The number of hydrogen-bond acceptors (Lipinski definition) is 4. The summed E-state index contributed by atoms with van der Waals surface area (Å²) in [5.41, 5.74) is 0. The number of nitrogens with one attached hydrogen (secondary N) is 1. The Bertz CT molecular complexity index is 289. The third-order valence-corrected chi connectivity index (χ3v) is 2.78. The van der Waals surface area contributed by atoms with Crippen molar-refractivity contribution in [3.8, 4) is 0 Å². The van der Waals surface area contributed by atoms with Crippen LogP contribution >= 0.6 is 41.9 Å². The van der Waals surface area contributed by atoms with Gasteiger partial charge < -0.3 is 4.57 Å². The van der Waals surface area contributed by atoms with Gasteiger partial charge in [0.25, 0.3) is 5.91 Å². The van der Waals surface area contributed by atoms with Gasteiger partial charge in [0.2, 0.25) is 0 Å². The van der Waals surface area contributed by atoms with Crippen molar-refractivity contribution in [2.75, 3.05) is 26.3 Å². The topological polar surface area (TPSA) is 69.6 Å². The molecule has 0 heterocycles. The minimum Gasteiger partial charge on any atom is -0.323 e. The molecule has 0 radical (unpaired) electrons. The van der Waals surface area contributed by atoms with Crippen LogP contribution in [-0.2, 0) is 9.36 Å². The summed E-state index contributed by atoms with van der Waals surface area (Å²) in [7, 11) is -2.23. The molecule has 1 amide bonds. The van der Waals surface area contributed by atoms with E-state index in [1.54, 1.807) is 13.3 Å². The van der Waals surface area contributed by atoms with Crippen LogP contribution in [0.1, 0.15) is 6.42 Å². The maximum absolute atomic E-state index is 11.3. The summed E-state index contributed by atoms with van der Waals surface area (Å²) in [4.78, 5) is 11.2. The second-order valence-electron chi connectivity index (χ2n) is 3.73. The van der Waals surface area contributed by atoms with E-state index in [4.69, 9.17) is 34.8 Å². The summed E-state index contributed by atoms with van der Waals surface area (Å²) in [5.74, 6) is -0.727. The largest absolute Gasteiger partial charge is 0.323 e. The highest BCUT2D eigenvalue weighted by atomic mass is 35.6. The van der Waals surface area contributed by atoms with E-state index in [-0.39, 0.29) is 13.0 Å². The Morgan fingerprint density at radius 1 is 1.44 bits per heavy atom. The Hall–Kier alpha value is 0.490. The third-order valence-electron chi connectivity index (χ3n) is 1.39. The predicted molar refractivity (Wildman–Crippen MR) is 65.9 cm³/mol. The highest BCUT2D eigenvalue weighted by Gasteiger charge is 2.26. The van der Waals surface area contributed by atoms with Gasteiger partial charge >= 0.3 is 0 Å². The van der Waals surface area contributed by atoms with Crippen LogP contribution in [-0.4, -0.2) is 46.3 Å². The maximum Gasteiger partial charge on any atom is 0.251 e. The number of nitrogens with zero attached hydrogens (tertiary/aromatic N) is 1. The van der Waals surface area contributed by atoms with E-state index in [0.717, 1.165) is 0 Å². The van der Waals surface area contributed by atoms with Crippen LogP contribution in [0.3, 0.4) is 0 Å². The molecule has 0 saturated carbocycles. The van der Waals surface area contributed by atoms with Gasteiger partial charge in [0, 0.05) is 0 Å². The van der Waals surface area contributed by atoms with Crippen molar-refractivity contribution in [3.05, 3.63) is 0 Å². The summed E-state index contributed by atoms with van der Waals surface area (Å²) in [5, 5.41) is 12.3. The molecule has 0 atom stereocenters. The average Bonchev–Trinajstić information content (AvgIpc) is 1.98. The zero-order chi connectivity index (χ0) is 13.0. The van der Waals surface area contributed by atoms with Crippen LogP contribution < -0.4 is 5.32 Å². The van der Waals surface area contributed by atoms with Crippen molar-refractivity contribution in [2.24, 2.45) is 0 Å². The van der Waals surface area contributed by atoms with E-state index >= 15 is 0 Å². The molecule has 0 spiro atoms. The molecule has 5 nitrogen and oxygen atoms in total.